The lowest BCUT2D eigenvalue weighted by Crippen LogP contribution is -2.03. The molecule has 21 heavy (non-hydrogen) atoms. The Morgan fingerprint density at radius 2 is 2.24 bits per heavy atom. The van der Waals surface area contributed by atoms with Crippen molar-refractivity contribution in [3.05, 3.63) is 24.0 Å². The highest BCUT2D eigenvalue weighted by Crippen LogP contribution is 2.48. The summed E-state index contributed by atoms with van der Waals surface area (Å²) >= 11 is 5.97. The van der Waals surface area contributed by atoms with E-state index < -0.39 is 0 Å². The maximum absolute atomic E-state index is 5.97. The number of fused-ring (bicyclic) bond motifs is 1. The van der Waals surface area contributed by atoms with Gasteiger partial charge >= 0.3 is 0 Å². The summed E-state index contributed by atoms with van der Waals surface area (Å²) in [6, 6.07) is 6.84. The highest BCUT2D eigenvalue weighted by atomic mass is 35.5. The van der Waals surface area contributed by atoms with Crippen LogP contribution in [0.2, 0.25) is 0 Å². The number of nitrogens with zero attached hydrogens (tertiary/aromatic N) is 2. The van der Waals surface area contributed by atoms with Gasteiger partial charge in [-0.05, 0) is 30.9 Å². The first-order valence-corrected chi connectivity index (χ1v) is 8.52. The van der Waals surface area contributed by atoms with Crippen LogP contribution in [-0.4, -0.2) is 22.0 Å². The number of hydrogen-bond acceptors (Lipinski definition) is 2. The molecular formula is C17H23ClN2O. The molecule has 1 heterocycles. The molecule has 0 bridgehead atoms. The molecule has 1 aliphatic rings. The molecular weight excluding hydrogens is 284 g/mol. The predicted octanol–water partition coefficient (Wildman–Crippen LogP) is 4.58. The molecule has 1 fully saturated rings. The molecule has 0 spiro atoms. The second kappa shape index (κ2) is 6.27. The number of halogens is 1. The van der Waals surface area contributed by atoms with Gasteiger partial charge in [-0.3, -0.25) is 0 Å². The van der Waals surface area contributed by atoms with E-state index >= 15 is 0 Å². The monoisotopic (exact) mass is 306 g/mol. The van der Waals surface area contributed by atoms with E-state index in [1.165, 1.54) is 18.4 Å². The van der Waals surface area contributed by atoms with E-state index in [2.05, 4.69) is 30.5 Å². The van der Waals surface area contributed by atoms with Gasteiger partial charge in [0.05, 0.1) is 12.1 Å². The molecule has 1 saturated carbocycles. The summed E-state index contributed by atoms with van der Waals surface area (Å²) in [6.07, 6.45) is 4.32. The van der Waals surface area contributed by atoms with Crippen molar-refractivity contribution in [1.82, 2.24) is 9.55 Å². The summed E-state index contributed by atoms with van der Waals surface area (Å²) in [5.41, 5.74) is 2.19. The first-order valence-electron chi connectivity index (χ1n) is 7.98. The van der Waals surface area contributed by atoms with Gasteiger partial charge in [-0.1, -0.05) is 26.3 Å². The van der Waals surface area contributed by atoms with Crippen molar-refractivity contribution in [3.63, 3.8) is 0 Å². The summed E-state index contributed by atoms with van der Waals surface area (Å²) < 4.78 is 8.27. The molecule has 0 saturated heterocycles. The first kappa shape index (κ1) is 14.7. The fraction of sp³-hybridized carbons (Fsp3) is 0.588. The number of para-hydroxylation sites is 1. The number of benzene rings is 1. The highest BCUT2D eigenvalue weighted by Gasteiger charge is 2.39. The Balaban J connectivity index is 2.04. The van der Waals surface area contributed by atoms with E-state index in [0.717, 1.165) is 42.5 Å². The molecule has 0 N–H and O–H groups in total. The van der Waals surface area contributed by atoms with Crippen molar-refractivity contribution in [2.45, 2.75) is 45.6 Å². The second-order valence-corrected chi connectivity index (χ2v) is 6.16. The van der Waals surface area contributed by atoms with Gasteiger partial charge in [0.15, 0.2) is 0 Å². The van der Waals surface area contributed by atoms with E-state index in [0.29, 0.717) is 11.9 Å². The van der Waals surface area contributed by atoms with Crippen LogP contribution in [-0.2, 0) is 6.42 Å². The van der Waals surface area contributed by atoms with Crippen molar-refractivity contribution in [2.75, 3.05) is 12.5 Å². The van der Waals surface area contributed by atoms with Gasteiger partial charge in [0.2, 0.25) is 0 Å². The van der Waals surface area contributed by atoms with E-state index in [-0.39, 0.29) is 0 Å². The van der Waals surface area contributed by atoms with Crippen molar-refractivity contribution in [3.8, 4) is 5.75 Å². The standard InChI is InChI=1S/C17H23ClN2O/c1-3-10-21-15-7-5-6-13-17(15)19-16(8-9-18)20(13)14-11-12(14)4-2/h5-7,12,14H,3-4,8-11H2,1-2H3. The number of rotatable bonds is 7. The summed E-state index contributed by atoms with van der Waals surface area (Å²) in [6.45, 7) is 5.12. The maximum atomic E-state index is 5.97. The van der Waals surface area contributed by atoms with Crippen molar-refractivity contribution < 1.29 is 4.74 Å². The highest BCUT2D eigenvalue weighted by molar-refractivity contribution is 6.17. The topological polar surface area (TPSA) is 27.1 Å². The molecule has 0 radical (unpaired) electrons. The fourth-order valence-electron chi connectivity index (χ4n) is 3.09. The number of aromatic nitrogens is 2. The third-order valence-corrected chi connectivity index (χ3v) is 4.47. The Morgan fingerprint density at radius 3 is 2.90 bits per heavy atom. The minimum absolute atomic E-state index is 0.597. The minimum Gasteiger partial charge on any atom is -0.491 e. The lowest BCUT2D eigenvalue weighted by molar-refractivity contribution is 0.320. The van der Waals surface area contributed by atoms with Crippen LogP contribution in [0.3, 0.4) is 0 Å². The van der Waals surface area contributed by atoms with Gasteiger partial charge < -0.3 is 9.30 Å². The van der Waals surface area contributed by atoms with Gasteiger partial charge in [0.1, 0.15) is 17.1 Å². The van der Waals surface area contributed by atoms with Crippen LogP contribution >= 0.6 is 11.6 Å². The van der Waals surface area contributed by atoms with Crippen LogP contribution < -0.4 is 4.74 Å². The Kier molecular flexibility index (Phi) is 4.39. The average molecular weight is 307 g/mol. The van der Waals surface area contributed by atoms with Crippen LogP contribution in [0, 0.1) is 5.92 Å². The molecule has 0 aliphatic heterocycles. The summed E-state index contributed by atoms with van der Waals surface area (Å²) in [7, 11) is 0. The van der Waals surface area contributed by atoms with Crippen molar-refractivity contribution in [2.24, 2.45) is 5.92 Å². The molecule has 2 unspecified atom stereocenters. The largest absolute Gasteiger partial charge is 0.491 e. The lowest BCUT2D eigenvalue weighted by Gasteiger charge is -2.08. The number of aryl methyl sites for hydroxylation is 1. The smallest absolute Gasteiger partial charge is 0.147 e. The number of hydrogen-bond donors (Lipinski definition) is 0. The number of imidazole rings is 1. The zero-order chi connectivity index (χ0) is 14.8. The Bertz CT molecular complexity index is 623. The molecule has 0 amide bonds. The molecule has 3 nitrogen and oxygen atoms in total. The van der Waals surface area contributed by atoms with E-state index in [9.17, 15) is 0 Å². The molecule has 114 valence electrons. The maximum Gasteiger partial charge on any atom is 0.147 e. The van der Waals surface area contributed by atoms with E-state index in [1.54, 1.807) is 0 Å². The Labute approximate surface area is 131 Å². The quantitative estimate of drug-likeness (QED) is 0.700. The van der Waals surface area contributed by atoms with Crippen LogP contribution in [0.25, 0.3) is 11.0 Å². The molecule has 1 aliphatic carbocycles. The molecule has 2 aromatic rings. The predicted molar refractivity (Wildman–Crippen MR) is 87.4 cm³/mol. The van der Waals surface area contributed by atoms with Gasteiger partial charge in [-0.2, -0.15) is 0 Å². The molecule has 4 heteroatoms. The van der Waals surface area contributed by atoms with Crippen LogP contribution in [0.1, 0.15) is 45.0 Å². The molecule has 1 aromatic heterocycles. The molecule has 3 rings (SSSR count). The van der Waals surface area contributed by atoms with Gasteiger partial charge in [-0.15, -0.1) is 11.6 Å². The number of alkyl halides is 1. The third kappa shape index (κ3) is 2.76. The van der Waals surface area contributed by atoms with Crippen LogP contribution in [0.4, 0.5) is 0 Å². The van der Waals surface area contributed by atoms with Gasteiger partial charge in [0.25, 0.3) is 0 Å². The molecule has 2 atom stereocenters. The van der Waals surface area contributed by atoms with Crippen molar-refractivity contribution in [1.29, 1.82) is 0 Å². The van der Waals surface area contributed by atoms with Gasteiger partial charge in [-0.25, -0.2) is 4.98 Å². The van der Waals surface area contributed by atoms with Crippen molar-refractivity contribution >= 4 is 22.6 Å². The van der Waals surface area contributed by atoms with E-state index in [1.807, 2.05) is 6.07 Å². The molecule has 1 aromatic carbocycles. The second-order valence-electron chi connectivity index (χ2n) is 5.78. The summed E-state index contributed by atoms with van der Waals surface area (Å²) in [4.78, 5) is 4.84. The Hall–Kier alpha value is -1.22. The average Bonchev–Trinajstić information content (AvgIpc) is 3.18. The fourth-order valence-corrected chi connectivity index (χ4v) is 3.25. The first-order chi connectivity index (χ1) is 10.3. The van der Waals surface area contributed by atoms with Crippen LogP contribution in [0.5, 0.6) is 5.75 Å². The third-order valence-electron chi connectivity index (χ3n) is 4.28. The van der Waals surface area contributed by atoms with E-state index in [4.69, 9.17) is 21.3 Å². The van der Waals surface area contributed by atoms with Crippen LogP contribution in [0.15, 0.2) is 18.2 Å². The summed E-state index contributed by atoms with van der Waals surface area (Å²) in [5.74, 6) is 3.40. The van der Waals surface area contributed by atoms with Gasteiger partial charge in [0, 0.05) is 18.3 Å². The lowest BCUT2D eigenvalue weighted by atomic mass is 10.2. The Morgan fingerprint density at radius 1 is 1.38 bits per heavy atom. The number of ether oxygens (including phenoxy) is 1. The SMILES string of the molecule is CCCOc1cccc2c1nc(CCCl)n2C1CC1CC. The zero-order valence-electron chi connectivity index (χ0n) is 12.8. The minimum atomic E-state index is 0.597. The summed E-state index contributed by atoms with van der Waals surface area (Å²) in [5, 5.41) is 0. The normalized spacial score (nSPS) is 20.9. The zero-order valence-corrected chi connectivity index (χ0v) is 13.6.